The SMILES string of the molecule is CCOc1cc(/C=C2\SC(=O)N(CCc3ccccc3)C2=O)ccc1OCc1ccccc1Cl. The van der Waals surface area contributed by atoms with Gasteiger partial charge in [-0.1, -0.05) is 66.2 Å². The Hall–Kier alpha value is -3.22. The summed E-state index contributed by atoms with van der Waals surface area (Å²) in [5.74, 6) is 0.865. The highest BCUT2D eigenvalue weighted by atomic mass is 35.5. The molecule has 1 aliphatic heterocycles. The Balaban J connectivity index is 1.47. The largest absolute Gasteiger partial charge is 0.490 e. The average molecular weight is 494 g/mol. The number of amides is 2. The number of ether oxygens (including phenoxy) is 2. The van der Waals surface area contributed by atoms with Crippen LogP contribution in [0, 0.1) is 0 Å². The predicted octanol–water partition coefficient (Wildman–Crippen LogP) is 6.60. The molecule has 5 nitrogen and oxygen atoms in total. The van der Waals surface area contributed by atoms with Gasteiger partial charge >= 0.3 is 0 Å². The second-order valence-electron chi connectivity index (χ2n) is 7.59. The van der Waals surface area contributed by atoms with Gasteiger partial charge < -0.3 is 9.47 Å². The molecular weight excluding hydrogens is 470 g/mol. The van der Waals surface area contributed by atoms with Crippen molar-refractivity contribution in [1.82, 2.24) is 4.90 Å². The Kier molecular flexibility index (Phi) is 7.93. The van der Waals surface area contributed by atoms with E-state index in [2.05, 4.69) is 0 Å². The van der Waals surface area contributed by atoms with E-state index in [4.69, 9.17) is 21.1 Å². The molecule has 0 spiro atoms. The standard InChI is InChI=1S/C27H24ClNO4S/c1-2-32-24-16-20(12-13-23(24)33-18-21-10-6-7-11-22(21)28)17-25-26(30)29(27(31)34-25)15-14-19-8-4-3-5-9-19/h3-13,16-17H,2,14-15,18H2,1H3/b25-17-. The molecule has 2 amide bonds. The van der Waals surface area contributed by atoms with Crippen LogP contribution in [0.4, 0.5) is 4.79 Å². The van der Waals surface area contributed by atoms with E-state index in [0.717, 1.165) is 28.5 Å². The number of carbonyl (C=O) groups excluding carboxylic acids is 2. The van der Waals surface area contributed by atoms with Crippen molar-refractivity contribution in [3.63, 3.8) is 0 Å². The topological polar surface area (TPSA) is 55.8 Å². The van der Waals surface area contributed by atoms with Crippen LogP contribution in [0.3, 0.4) is 0 Å². The highest BCUT2D eigenvalue weighted by Gasteiger charge is 2.34. The third-order valence-electron chi connectivity index (χ3n) is 5.25. The number of imide groups is 1. The summed E-state index contributed by atoms with van der Waals surface area (Å²) >= 11 is 7.18. The molecule has 34 heavy (non-hydrogen) atoms. The first kappa shape index (κ1) is 23.9. The van der Waals surface area contributed by atoms with E-state index < -0.39 is 0 Å². The van der Waals surface area contributed by atoms with Gasteiger partial charge in [-0.3, -0.25) is 14.5 Å². The highest BCUT2D eigenvalue weighted by molar-refractivity contribution is 8.18. The second-order valence-corrected chi connectivity index (χ2v) is 8.99. The summed E-state index contributed by atoms with van der Waals surface area (Å²) in [6, 6.07) is 22.8. The number of rotatable bonds is 9. The van der Waals surface area contributed by atoms with Crippen molar-refractivity contribution in [1.29, 1.82) is 0 Å². The van der Waals surface area contributed by atoms with E-state index in [-0.39, 0.29) is 11.1 Å². The molecule has 1 aliphatic rings. The molecule has 7 heteroatoms. The number of thioether (sulfide) groups is 1. The van der Waals surface area contributed by atoms with Crippen molar-refractivity contribution in [2.45, 2.75) is 20.0 Å². The average Bonchev–Trinajstić information content (AvgIpc) is 3.11. The molecule has 1 saturated heterocycles. The van der Waals surface area contributed by atoms with E-state index in [0.29, 0.717) is 47.6 Å². The lowest BCUT2D eigenvalue weighted by molar-refractivity contribution is -0.122. The molecule has 3 aromatic rings. The van der Waals surface area contributed by atoms with Crippen LogP contribution in [0.15, 0.2) is 77.7 Å². The monoisotopic (exact) mass is 493 g/mol. The summed E-state index contributed by atoms with van der Waals surface area (Å²) in [7, 11) is 0. The van der Waals surface area contributed by atoms with Crippen molar-refractivity contribution in [2.75, 3.05) is 13.2 Å². The van der Waals surface area contributed by atoms with E-state index in [1.54, 1.807) is 12.1 Å². The molecule has 174 valence electrons. The first-order valence-electron chi connectivity index (χ1n) is 11.0. The van der Waals surface area contributed by atoms with Gasteiger partial charge in [0.25, 0.3) is 11.1 Å². The molecule has 0 radical (unpaired) electrons. The van der Waals surface area contributed by atoms with Crippen LogP contribution in [0.1, 0.15) is 23.6 Å². The zero-order chi connectivity index (χ0) is 23.9. The third-order valence-corrected chi connectivity index (χ3v) is 6.52. The van der Waals surface area contributed by atoms with Crippen molar-refractivity contribution in [3.8, 4) is 11.5 Å². The van der Waals surface area contributed by atoms with Crippen LogP contribution < -0.4 is 9.47 Å². The fourth-order valence-electron chi connectivity index (χ4n) is 3.50. The molecule has 3 aromatic carbocycles. The maximum Gasteiger partial charge on any atom is 0.293 e. The zero-order valence-electron chi connectivity index (χ0n) is 18.7. The normalized spacial score (nSPS) is 14.6. The van der Waals surface area contributed by atoms with Crippen LogP contribution in [0.2, 0.25) is 5.02 Å². The summed E-state index contributed by atoms with van der Waals surface area (Å²) in [5, 5.41) is 0.386. The summed E-state index contributed by atoms with van der Waals surface area (Å²) < 4.78 is 11.7. The number of hydrogen-bond donors (Lipinski definition) is 0. The third kappa shape index (κ3) is 5.82. The number of carbonyl (C=O) groups is 2. The van der Waals surface area contributed by atoms with E-state index >= 15 is 0 Å². The maximum atomic E-state index is 12.9. The fourth-order valence-corrected chi connectivity index (χ4v) is 4.56. The van der Waals surface area contributed by atoms with Crippen LogP contribution >= 0.6 is 23.4 Å². The minimum absolute atomic E-state index is 0.253. The van der Waals surface area contributed by atoms with Gasteiger partial charge in [-0.05, 0) is 60.5 Å². The lowest BCUT2D eigenvalue weighted by atomic mass is 10.1. The first-order valence-corrected chi connectivity index (χ1v) is 12.2. The molecule has 0 unspecified atom stereocenters. The maximum absolute atomic E-state index is 12.9. The Bertz CT molecular complexity index is 1210. The molecule has 0 bridgehead atoms. The lowest BCUT2D eigenvalue weighted by Gasteiger charge is -2.13. The van der Waals surface area contributed by atoms with Gasteiger partial charge in [0.1, 0.15) is 6.61 Å². The number of hydrogen-bond acceptors (Lipinski definition) is 5. The summed E-state index contributed by atoms with van der Waals surface area (Å²) in [5.41, 5.74) is 2.71. The molecule has 0 atom stereocenters. The number of nitrogens with zero attached hydrogens (tertiary/aromatic N) is 1. The Morgan fingerprint density at radius 2 is 1.71 bits per heavy atom. The van der Waals surface area contributed by atoms with Gasteiger partial charge in [0, 0.05) is 17.1 Å². The quantitative estimate of drug-likeness (QED) is 0.314. The lowest BCUT2D eigenvalue weighted by Crippen LogP contribution is -2.30. The van der Waals surface area contributed by atoms with Crippen molar-refractivity contribution >= 4 is 40.6 Å². The minimum Gasteiger partial charge on any atom is -0.490 e. The molecule has 1 heterocycles. The van der Waals surface area contributed by atoms with Crippen molar-refractivity contribution < 1.29 is 19.1 Å². The Labute approximate surface area is 208 Å². The predicted molar refractivity (Wildman–Crippen MR) is 136 cm³/mol. The van der Waals surface area contributed by atoms with Crippen molar-refractivity contribution in [2.24, 2.45) is 0 Å². The van der Waals surface area contributed by atoms with Gasteiger partial charge in [-0.2, -0.15) is 0 Å². The molecule has 1 fully saturated rings. The molecule has 0 saturated carbocycles. The molecule has 0 aromatic heterocycles. The van der Waals surface area contributed by atoms with Gasteiger partial charge in [0.15, 0.2) is 11.5 Å². The van der Waals surface area contributed by atoms with E-state index in [1.165, 1.54) is 4.90 Å². The fraction of sp³-hybridized carbons (Fsp3) is 0.185. The highest BCUT2D eigenvalue weighted by Crippen LogP contribution is 2.35. The molecule has 4 rings (SSSR count). The Morgan fingerprint density at radius 1 is 0.941 bits per heavy atom. The van der Waals surface area contributed by atoms with Crippen LogP contribution in [-0.2, 0) is 17.8 Å². The van der Waals surface area contributed by atoms with Crippen LogP contribution in [-0.4, -0.2) is 29.2 Å². The number of halogens is 1. The van der Waals surface area contributed by atoms with Crippen LogP contribution in [0.25, 0.3) is 6.08 Å². The summed E-state index contributed by atoms with van der Waals surface area (Å²) in [6.07, 6.45) is 2.34. The molecular formula is C27H24ClNO4S. The van der Waals surface area contributed by atoms with Crippen LogP contribution in [0.5, 0.6) is 11.5 Å². The smallest absolute Gasteiger partial charge is 0.293 e. The first-order chi connectivity index (χ1) is 16.5. The van der Waals surface area contributed by atoms with E-state index in [9.17, 15) is 9.59 Å². The molecule has 0 aliphatic carbocycles. The van der Waals surface area contributed by atoms with Crippen molar-refractivity contribution in [3.05, 3.63) is 99.4 Å². The Morgan fingerprint density at radius 3 is 2.47 bits per heavy atom. The van der Waals surface area contributed by atoms with Gasteiger partial charge in [-0.15, -0.1) is 0 Å². The molecule has 0 N–H and O–H groups in total. The second kappa shape index (κ2) is 11.3. The van der Waals surface area contributed by atoms with Gasteiger partial charge in [-0.25, -0.2) is 0 Å². The summed E-state index contributed by atoms with van der Waals surface area (Å²) in [4.78, 5) is 27.0. The van der Waals surface area contributed by atoms with Gasteiger partial charge in [0.05, 0.1) is 11.5 Å². The number of benzene rings is 3. The minimum atomic E-state index is -0.275. The van der Waals surface area contributed by atoms with E-state index in [1.807, 2.05) is 73.7 Å². The summed E-state index contributed by atoms with van der Waals surface area (Å²) in [6.45, 7) is 3.01. The zero-order valence-corrected chi connectivity index (χ0v) is 20.3. The van der Waals surface area contributed by atoms with Gasteiger partial charge in [0.2, 0.25) is 0 Å².